The van der Waals surface area contributed by atoms with E-state index in [0.29, 0.717) is 11.5 Å². The highest BCUT2D eigenvalue weighted by molar-refractivity contribution is 6.08. The summed E-state index contributed by atoms with van der Waals surface area (Å²) in [6.07, 6.45) is 3.16. The Morgan fingerprint density at radius 2 is 1.96 bits per heavy atom. The molecule has 1 N–H and O–H groups in total. The first-order valence-corrected chi connectivity index (χ1v) is 9.06. The summed E-state index contributed by atoms with van der Waals surface area (Å²) in [4.78, 5) is 42.1. The number of nitro benzene ring substituents is 1. The monoisotopic (exact) mass is 374 g/mol. The molecule has 0 aromatic heterocycles. The fourth-order valence-corrected chi connectivity index (χ4v) is 3.36. The number of esters is 1. The second kappa shape index (κ2) is 8.15. The van der Waals surface area contributed by atoms with Gasteiger partial charge >= 0.3 is 5.97 Å². The van der Waals surface area contributed by atoms with E-state index >= 15 is 0 Å². The van der Waals surface area contributed by atoms with Crippen LogP contribution in [-0.2, 0) is 14.3 Å². The van der Waals surface area contributed by atoms with E-state index in [9.17, 15) is 19.7 Å². The lowest BCUT2D eigenvalue weighted by Gasteiger charge is -2.35. The summed E-state index contributed by atoms with van der Waals surface area (Å²) in [5, 5.41) is 13.6. The van der Waals surface area contributed by atoms with Gasteiger partial charge in [-0.25, -0.2) is 4.99 Å². The van der Waals surface area contributed by atoms with Crippen molar-refractivity contribution >= 4 is 23.5 Å². The second-order valence-corrected chi connectivity index (χ2v) is 6.51. The summed E-state index contributed by atoms with van der Waals surface area (Å²) in [7, 11) is 0. The Kier molecular flexibility index (Phi) is 5.68. The van der Waals surface area contributed by atoms with Crippen molar-refractivity contribution in [1.29, 1.82) is 0 Å². The molecule has 0 aliphatic carbocycles. The van der Waals surface area contributed by atoms with Gasteiger partial charge in [0.2, 0.25) is 11.9 Å². The minimum absolute atomic E-state index is 0.0630. The fraction of sp³-hybridized carbons (Fsp3) is 0.500. The number of guanidine groups is 1. The zero-order chi connectivity index (χ0) is 19.4. The lowest BCUT2D eigenvalue weighted by Crippen LogP contribution is -2.53. The van der Waals surface area contributed by atoms with Crippen LogP contribution >= 0.6 is 0 Å². The van der Waals surface area contributed by atoms with Gasteiger partial charge in [-0.1, -0.05) is 12.1 Å². The lowest BCUT2D eigenvalue weighted by atomic mass is 9.91. The van der Waals surface area contributed by atoms with Crippen LogP contribution in [0.15, 0.2) is 29.3 Å². The molecule has 0 radical (unpaired) electrons. The molecule has 0 spiro atoms. The van der Waals surface area contributed by atoms with Gasteiger partial charge in [0.25, 0.3) is 5.69 Å². The van der Waals surface area contributed by atoms with Crippen LogP contribution in [0.2, 0.25) is 0 Å². The maximum Gasteiger partial charge on any atom is 0.321 e. The van der Waals surface area contributed by atoms with Crippen molar-refractivity contribution in [2.45, 2.75) is 32.2 Å². The van der Waals surface area contributed by atoms with E-state index < -0.39 is 28.8 Å². The summed E-state index contributed by atoms with van der Waals surface area (Å²) >= 11 is 0. The third-order valence-corrected chi connectivity index (χ3v) is 4.74. The maximum absolute atomic E-state index is 12.7. The number of hydrogen-bond donors (Lipinski definition) is 1. The van der Waals surface area contributed by atoms with E-state index in [0.717, 1.165) is 32.4 Å². The van der Waals surface area contributed by atoms with Crippen LogP contribution in [0, 0.1) is 16.0 Å². The molecule has 1 aromatic rings. The molecule has 9 heteroatoms. The minimum atomic E-state index is -1.13. The van der Waals surface area contributed by atoms with E-state index in [1.807, 2.05) is 4.90 Å². The number of nitro groups is 1. The SMILES string of the molecule is CCOC(=O)[C@@H]1C(=O)NC(N2CCCCC2)=N[C@@H]1c1ccc([N+](=O)[O-])cc1. The quantitative estimate of drug-likeness (QED) is 0.372. The van der Waals surface area contributed by atoms with E-state index in [2.05, 4.69) is 10.3 Å². The Labute approximate surface area is 156 Å². The molecule has 2 aliphatic heterocycles. The molecule has 3 rings (SSSR count). The highest BCUT2D eigenvalue weighted by Crippen LogP contribution is 2.32. The zero-order valence-corrected chi connectivity index (χ0v) is 15.1. The van der Waals surface area contributed by atoms with Crippen LogP contribution < -0.4 is 5.32 Å². The van der Waals surface area contributed by atoms with Crippen molar-refractivity contribution in [3.63, 3.8) is 0 Å². The van der Waals surface area contributed by atoms with E-state index in [4.69, 9.17) is 4.74 Å². The maximum atomic E-state index is 12.7. The molecule has 0 unspecified atom stereocenters. The van der Waals surface area contributed by atoms with Crippen LogP contribution in [0.5, 0.6) is 0 Å². The van der Waals surface area contributed by atoms with Gasteiger partial charge in [0.1, 0.15) is 6.04 Å². The fourth-order valence-electron chi connectivity index (χ4n) is 3.36. The molecule has 1 saturated heterocycles. The predicted molar refractivity (Wildman–Crippen MR) is 97.0 cm³/mol. The molecule has 0 bridgehead atoms. The first-order chi connectivity index (χ1) is 13.0. The van der Waals surface area contributed by atoms with Crippen molar-refractivity contribution in [2.75, 3.05) is 19.7 Å². The van der Waals surface area contributed by atoms with Gasteiger partial charge < -0.3 is 9.64 Å². The number of aliphatic imine (C=N–C) groups is 1. The van der Waals surface area contributed by atoms with Crippen molar-refractivity contribution in [3.05, 3.63) is 39.9 Å². The van der Waals surface area contributed by atoms with Gasteiger partial charge in [-0.2, -0.15) is 0 Å². The molecule has 2 aliphatic rings. The van der Waals surface area contributed by atoms with Gasteiger partial charge in [0.15, 0.2) is 5.92 Å². The first kappa shape index (κ1) is 18.8. The van der Waals surface area contributed by atoms with Crippen LogP contribution in [0.1, 0.15) is 37.8 Å². The molecule has 1 fully saturated rings. The lowest BCUT2D eigenvalue weighted by molar-refractivity contribution is -0.384. The van der Waals surface area contributed by atoms with Crippen molar-refractivity contribution in [3.8, 4) is 0 Å². The normalized spacial score (nSPS) is 22.6. The summed E-state index contributed by atoms with van der Waals surface area (Å²) in [6.45, 7) is 3.40. The number of nitrogens with zero attached hydrogens (tertiary/aromatic N) is 3. The molecule has 144 valence electrons. The Hall–Kier alpha value is -2.97. The number of amides is 1. The highest BCUT2D eigenvalue weighted by atomic mass is 16.6. The van der Waals surface area contributed by atoms with Gasteiger partial charge in [-0.3, -0.25) is 25.0 Å². The number of hydrogen-bond acceptors (Lipinski definition) is 7. The predicted octanol–water partition coefficient (Wildman–Crippen LogP) is 1.79. The van der Waals surface area contributed by atoms with Gasteiger partial charge in [-0.05, 0) is 31.7 Å². The number of rotatable bonds is 4. The molecule has 27 heavy (non-hydrogen) atoms. The zero-order valence-electron chi connectivity index (χ0n) is 15.1. The topological polar surface area (TPSA) is 114 Å². The van der Waals surface area contributed by atoms with Crippen molar-refractivity contribution in [1.82, 2.24) is 10.2 Å². The summed E-state index contributed by atoms with van der Waals surface area (Å²) in [5.74, 6) is -1.80. The summed E-state index contributed by atoms with van der Waals surface area (Å²) < 4.78 is 5.06. The van der Waals surface area contributed by atoms with Gasteiger partial charge in [-0.15, -0.1) is 0 Å². The Morgan fingerprint density at radius 1 is 1.30 bits per heavy atom. The number of likely N-dealkylation sites (tertiary alicyclic amines) is 1. The Morgan fingerprint density at radius 3 is 2.56 bits per heavy atom. The minimum Gasteiger partial charge on any atom is -0.465 e. The third-order valence-electron chi connectivity index (χ3n) is 4.74. The number of non-ortho nitro benzene ring substituents is 1. The van der Waals surface area contributed by atoms with E-state index in [-0.39, 0.29) is 12.3 Å². The van der Waals surface area contributed by atoms with Crippen molar-refractivity contribution in [2.24, 2.45) is 10.9 Å². The van der Waals surface area contributed by atoms with E-state index in [1.54, 1.807) is 6.92 Å². The molecule has 0 saturated carbocycles. The summed E-state index contributed by atoms with van der Waals surface area (Å²) in [6, 6.07) is 4.98. The molecular formula is C18H22N4O5. The van der Waals surface area contributed by atoms with Crippen molar-refractivity contribution < 1.29 is 19.2 Å². The molecule has 2 atom stereocenters. The summed E-state index contributed by atoms with van der Waals surface area (Å²) in [5.41, 5.74) is 0.495. The first-order valence-electron chi connectivity index (χ1n) is 9.06. The van der Waals surface area contributed by atoms with Gasteiger partial charge in [0.05, 0.1) is 11.5 Å². The van der Waals surface area contributed by atoms with Crippen LogP contribution in [0.4, 0.5) is 5.69 Å². The number of ether oxygens (including phenoxy) is 1. The number of nitrogens with one attached hydrogen (secondary N) is 1. The molecule has 1 amide bonds. The molecule has 1 aromatic carbocycles. The van der Waals surface area contributed by atoms with Gasteiger partial charge in [0, 0.05) is 25.2 Å². The highest BCUT2D eigenvalue weighted by Gasteiger charge is 2.42. The third kappa shape index (κ3) is 4.07. The van der Waals surface area contributed by atoms with E-state index in [1.165, 1.54) is 24.3 Å². The number of carbonyl (C=O) groups is 2. The Balaban J connectivity index is 1.96. The van der Waals surface area contributed by atoms with Crippen LogP contribution in [0.25, 0.3) is 0 Å². The smallest absolute Gasteiger partial charge is 0.321 e. The largest absolute Gasteiger partial charge is 0.465 e. The average molecular weight is 374 g/mol. The molecule has 9 nitrogen and oxygen atoms in total. The number of carbonyl (C=O) groups excluding carboxylic acids is 2. The molecule has 2 heterocycles. The molecular weight excluding hydrogens is 352 g/mol. The van der Waals surface area contributed by atoms with Crippen LogP contribution in [0.3, 0.4) is 0 Å². The average Bonchev–Trinajstić information content (AvgIpc) is 2.68. The van der Waals surface area contributed by atoms with Crippen LogP contribution in [-0.4, -0.2) is 47.4 Å². The number of benzene rings is 1. The number of piperidine rings is 1. The Bertz CT molecular complexity index is 756. The second-order valence-electron chi connectivity index (χ2n) is 6.51. The standard InChI is InChI=1S/C18H22N4O5/c1-2-27-17(24)14-15(12-6-8-13(9-7-12)22(25)26)19-18(20-16(14)23)21-10-4-3-5-11-21/h6-9,14-15H,2-5,10-11H2,1H3,(H,19,20,23)/t14-,15+/m0/s1.